The predicted octanol–water partition coefficient (Wildman–Crippen LogP) is 4.13. The molecule has 1 N–H and O–H groups in total. The third kappa shape index (κ3) is 2.44. The van der Waals surface area contributed by atoms with E-state index in [1.54, 1.807) is 0 Å². The molecule has 0 spiro atoms. The van der Waals surface area contributed by atoms with Crippen LogP contribution < -0.4 is 14.8 Å². The van der Waals surface area contributed by atoms with Gasteiger partial charge in [-0.3, -0.25) is 0 Å². The fourth-order valence-electron chi connectivity index (χ4n) is 2.40. The Morgan fingerprint density at radius 1 is 0.800 bits per heavy atom. The minimum atomic E-state index is 0.610. The Labute approximate surface area is 119 Å². The van der Waals surface area contributed by atoms with E-state index in [0.29, 0.717) is 13.2 Å². The second kappa shape index (κ2) is 5.08. The number of nitrogens with one attached hydrogen (secondary N) is 1. The van der Waals surface area contributed by atoms with Gasteiger partial charge in [-0.05, 0) is 61.7 Å². The first kappa shape index (κ1) is 12.9. The van der Waals surface area contributed by atoms with Crippen LogP contribution in [0, 0.1) is 20.8 Å². The Morgan fingerprint density at radius 3 is 2.15 bits per heavy atom. The van der Waals surface area contributed by atoms with Crippen LogP contribution in [0.2, 0.25) is 0 Å². The molecule has 104 valence electrons. The lowest BCUT2D eigenvalue weighted by atomic mass is 10.0. The van der Waals surface area contributed by atoms with Crippen LogP contribution in [0.25, 0.3) is 0 Å². The second-order valence-corrected chi connectivity index (χ2v) is 5.22. The minimum absolute atomic E-state index is 0.610. The lowest BCUT2D eigenvalue weighted by Crippen LogP contribution is -2.15. The molecule has 1 aliphatic heterocycles. The smallest absolute Gasteiger partial charge is 0.163 e. The maximum atomic E-state index is 5.60. The van der Waals surface area contributed by atoms with Gasteiger partial charge in [-0.2, -0.15) is 0 Å². The van der Waals surface area contributed by atoms with Gasteiger partial charge in [0.15, 0.2) is 11.5 Å². The van der Waals surface area contributed by atoms with Crippen LogP contribution in [0.4, 0.5) is 11.4 Å². The average molecular weight is 269 g/mol. The number of hydrogen-bond acceptors (Lipinski definition) is 3. The van der Waals surface area contributed by atoms with Crippen molar-refractivity contribution in [2.75, 3.05) is 18.5 Å². The van der Waals surface area contributed by atoms with Gasteiger partial charge >= 0.3 is 0 Å². The third-order valence-electron chi connectivity index (χ3n) is 3.76. The van der Waals surface area contributed by atoms with E-state index in [1.807, 2.05) is 18.2 Å². The largest absolute Gasteiger partial charge is 0.486 e. The lowest BCUT2D eigenvalue weighted by Gasteiger charge is -2.19. The lowest BCUT2D eigenvalue weighted by molar-refractivity contribution is 0.171. The quantitative estimate of drug-likeness (QED) is 0.889. The van der Waals surface area contributed by atoms with E-state index in [0.717, 1.165) is 22.9 Å². The molecule has 2 aromatic carbocycles. The van der Waals surface area contributed by atoms with Crippen LogP contribution in [0.1, 0.15) is 16.7 Å². The summed E-state index contributed by atoms with van der Waals surface area (Å²) >= 11 is 0. The standard InChI is InChI=1S/C17H19NO2/c1-11-8-15(9-12(2)13(11)3)18-14-4-5-16-17(10-14)20-7-6-19-16/h4-5,8-10,18H,6-7H2,1-3H3. The molecule has 3 nitrogen and oxygen atoms in total. The van der Waals surface area contributed by atoms with Crippen molar-refractivity contribution < 1.29 is 9.47 Å². The molecule has 0 fully saturated rings. The van der Waals surface area contributed by atoms with Gasteiger partial charge in [0.25, 0.3) is 0 Å². The van der Waals surface area contributed by atoms with Gasteiger partial charge in [-0.25, -0.2) is 0 Å². The molecule has 0 saturated heterocycles. The summed E-state index contributed by atoms with van der Waals surface area (Å²) in [6.45, 7) is 7.66. The Kier molecular flexibility index (Phi) is 3.26. The van der Waals surface area contributed by atoms with Crippen LogP contribution in [-0.2, 0) is 0 Å². The number of ether oxygens (including phenoxy) is 2. The zero-order valence-corrected chi connectivity index (χ0v) is 12.1. The molecule has 1 aliphatic rings. The first-order valence-electron chi connectivity index (χ1n) is 6.88. The van der Waals surface area contributed by atoms with Crippen molar-refractivity contribution in [3.05, 3.63) is 47.0 Å². The minimum Gasteiger partial charge on any atom is -0.486 e. The molecule has 1 heterocycles. The van der Waals surface area contributed by atoms with Crippen molar-refractivity contribution >= 4 is 11.4 Å². The summed E-state index contributed by atoms with van der Waals surface area (Å²) in [5, 5.41) is 3.43. The summed E-state index contributed by atoms with van der Waals surface area (Å²) in [7, 11) is 0. The van der Waals surface area contributed by atoms with Crippen molar-refractivity contribution in [1.82, 2.24) is 0 Å². The van der Waals surface area contributed by atoms with Gasteiger partial charge in [0, 0.05) is 17.4 Å². The maximum Gasteiger partial charge on any atom is 0.163 e. The Balaban J connectivity index is 1.88. The van der Waals surface area contributed by atoms with E-state index in [9.17, 15) is 0 Å². The molecule has 0 aromatic heterocycles. The molecule has 0 aliphatic carbocycles. The van der Waals surface area contributed by atoms with Crippen molar-refractivity contribution in [2.24, 2.45) is 0 Å². The van der Waals surface area contributed by atoms with Crippen molar-refractivity contribution in [3.63, 3.8) is 0 Å². The molecule has 0 atom stereocenters. The van der Waals surface area contributed by atoms with Gasteiger partial charge in [-0.1, -0.05) is 0 Å². The first-order chi connectivity index (χ1) is 9.63. The summed E-state index contributed by atoms with van der Waals surface area (Å²) in [6, 6.07) is 10.3. The number of fused-ring (bicyclic) bond motifs is 1. The topological polar surface area (TPSA) is 30.5 Å². The molecule has 3 heteroatoms. The van der Waals surface area contributed by atoms with Gasteiger partial charge in [0.2, 0.25) is 0 Å². The number of anilines is 2. The van der Waals surface area contributed by atoms with E-state index in [1.165, 1.54) is 16.7 Å². The monoisotopic (exact) mass is 269 g/mol. The highest BCUT2D eigenvalue weighted by molar-refractivity contribution is 5.65. The number of aryl methyl sites for hydroxylation is 2. The Bertz CT molecular complexity index is 626. The first-order valence-corrected chi connectivity index (χ1v) is 6.88. The highest BCUT2D eigenvalue weighted by Crippen LogP contribution is 2.34. The second-order valence-electron chi connectivity index (χ2n) is 5.22. The number of rotatable bonds is 2. The summed E-state index contributed by atoms with van der Waals surface area (Å²) in [5.74, 6) is 1.62. The number of benzene rings is 2. The fraction of sp³-hybridized carbons (Fsp3) is 0.294. The normalized spacial score (nSPS) is 13.2. The van der Waals surface area contributed by atoms with E-state index in [2.05, 4.69) is 38.2 Å². The average Bonchev–Trinajstić information content (AvgIpc) is 2.44. The van der Waals surface area contributed by atoms with E-state index < -0.39 is 0 Å². The van der Waals surface area contributed by atoms with Crippen LogP contribution in [-0.4, -0.2) is 13.2 Å². The van der Waals surface area contributed by atoms with Crippen molar-refractivity contribution in [2.45, 2.75) is 20.8 Å². The Hall–Kier alpha value is -2.16. The van der Waals surface area contributed by atoms with E-state index >= 15 is 0 Å². The third-order valence-corrected chi connectivity index (χ3v) is 3.76. The summed E-state index contributed by atoms with van der Waals surface area (Å²) in [4.78, 5) is 0. The van der Waals surface area contributed by atoms with Gasteiger partial charge in [0.1, 0.15) is 13.2 Å². The zero-order valence-electron chi connectivity index (χ0n) is 12.1. The maximum absolute atomic E-state index is 5.60. The molecule has 20 heavy (non-hydrogen) atoms. The van der Waals surface area contributed by atoms with Gasteiger partial charge in [0.05, 0.1) is 0 Å². The van der Waals surface area contributed by atoms with Crippen molar-refractivity contribution in [3.8, 4) is 11.5 Å². The number of hydrogen-bond donors (Lipinski definition) is 1. The molecule has 0 unspecified atom stereocenters. The van der Waals surface area contributed by atoms with Crippen LogP contribution >= 0.6 is 0 Å². The summed E-state index contributed by atoms with van der Waals surface area (Å²) < 4.78 is 11.1. The summed E-state index contributed by atoms with van der Waals surface area (Å²) in [6.07, 6.45) is 0. The van der Waals surface area contributed by atoms with Crippen LogP contribution in [0.15, 0.2) is 30.3 Å². The fourth-order valence-corrected chi connectivity index (χ4v) is 2.40. The molecule has 0 bridgehead atoms. The van der Waals surface area contributed by atoms with E-state index in [4.69, 9.17) is 9.47 Å². The SMILES string of the molecule is Cc1cc(Nc2ccc3c(c2)OCCO3)cc(C)c1C. The van der Waals surface area contributed by atoms with Crippen LogP contribution in [0.5, 0.6) is 11.5 Å². The molecular weight excluding hydrogens is 250 g/mol. The van der Waals surface area contributed by atoms with Crippen molar-refractivity contribution in [1.29, 1.82) is 0 Å². The molecular formula is C17H19NO2. The Morgan fingerprint density at radius 2 is 1.45 bits per heavy atom. The summed E-state index contributed by atoms with van der Waals surface area (Å²) in [5.41, 5.74) is 6.05. The molecule has 0 radical (unpaired) electrons. The highest BCUT2D eigenvalue weighted by Gasteiger charge is 2.11. The van der Waals surface area contributed by atoms with Crippen LogP contribution in [0.3, 0.4) is 0 Å². The highest BCUT2D eigenvalue weighted by atomic mass is 16.6. The zero-order chi connectivity index (χ0) is 14.1. The van der Waals surface area contributed by atoms with Gasteiger partial charge in [-0.15, -0.1) is 0 Å². The van der Waals surface area contributed by atoms with Gasteiger partial charge < -0.3 is 14.8 Å². The molecule has 2 aromatic rings. The predicted molar refractivity (Wildman–Crippen MR) is 81.4 cm³/mol. The van der Waals surface area contributed by atoms with E-state index in [-0.39, 0.29) is 0 Å². The molecule has 0 saturated carbocycles. The molecule has 0 amide bonds. The molecule has 3 rings (SSSR count).